The van der Waals surface area contributed by atoms with Gasteiger partial charge in [-0.1, -0.05) is 36.4 Å². The average Bonchev–Trinajstić information content (AvgIpc) is 2.81. The second kappa shape index (κ2) is 9.92. The van der Waals surface area contributed by atoms with Crippen molar-refractivity contribution in [2.75, 3.05) is 13.2 Å². The SMILES string of the molecule is CC(c1cnc(OCC(F)(F)F)nc1)N1CCc2ccc(SCc3ccccc3)cc2C1. The van der Waals surface area contributed by atoms with Crippen molar-refractivity contribution in [2.45, 2.75) is 42.8 Å². The Morgan fingerprint density at radius 2 is 1.81 bits per heavy atom. The molecule has 1 atom stereocenters. The average molecular weight is 460 g/mol. The summed E-state index contributed by atoms with van der Waals surface area (Å²) in [6.07, 6.45) is -0.359. The van der Waals surface area contributed by atoms with Gasteiger partial charge < -0.3 is 4.74 Å². The Bertz CT molecular complexity index is 1030. The minimum Gasteiger partial charge on any atom is -0.454 e. The molecule has 1 aromatic heterocycles. The van der Waals surface area contributed by atoms with Gasteiger partial charge in [0.2, 0.25) is 0 Å². The fourth-order valence-corrected chi connectivity index (χ4v) is 4.61. The summed E-state index contributed by atoms with van der Waals surface area (Å²) >= 11 is 1.83. The summed E-state index contributed by atoms with van der Waals surface area (Å²) in [7, 11) is 0. The highest BCUT2D eigenvalue weighted by molar-refractivity contribution is 7.98. The topological polar surface area (TPSA) is 38.3 Å². The van der Waals surface area contributed by atoms with Gasteiger partial charge >= 0.3 is 12.2 Å². The largest absolute Gasteiger partial charge is 0.454 e. The summed E-state index contributed by atoms with van der Waals surface area (Å²) in [5.74, 6) is 0.930. The predicted molar refractivity (Wildman–Crippen MR) is 119 cm³/mol. The van der Waals surface area contributed by atoms with Crippen LogP contribution in [0.1, 0.15) is 35.2 Å². The zero-order valence-corrected chi connectivity index (χ0v) is 18.5. The maximum atomic E-state index is 12.3. The van der Waals surface area contributed by atoms with Gasteiger partial charge in [0, 0.05) is 47.7 Å². The predicted octanol–water partition coefficient (Wildman–Crippen LogP) is 5.83. The summed E-state index contributed by atoms with van der Waals surface area (Å²) in [6, 6.07) is 16.9. The Hall–Kier alpha value is -2.58. The van der Waals surface area contributed by atoms with Crippen LogP contribution < -0.4 is 4.74 Å². The van der Waals surface area contributed by atoms with E-state index in [9.17, 15) is 13.2 Å². The molecule has 1 unspecified atom stereocenters. The Labute approximate surface area is 189 Å². The van der Waals surface area contributed by atoms with E-state index in [4.69, 9.17) is 0 Å². The number of alkyl halides is 3. The Morgan fingerprint density at radius 3 is 2.53 bits per heavy atom. The first-order chi connectivity index (χ1) is 15.4. The van der Waals surface area contributed by atoms with Gasteiger partial charge in [-0.05, 0) is 42.2 Å². The van der Waals surface area contributed by atoms with Gasteiger partial charge in [-0.25, -0.2) is 9.97 Å². The number of benzene rings is 2. The second-order valence-corrected chi connectivity index (χ2v) is 8.85. The standard InChI is InChI=1S/C24H24F3N3OS/c1-17(21-12-28-23(29-13-21)31-16-24(25,26)27)30-10-9-19-7-8-22(11-20(19)14-30)32-15-18-5-3-2-4-6-18/h2-8,11-13,17H,9-10,14-16H2,1H3. The number of fused-ring (bicyclic) bond motifs is 1. The molecule has 0 saturated heterocycles. The molecule has 0 aliphatic carbocycles. The summed E-state index contributed by atoms with van der Waals surface area (Å²) in [4.78, 5) is 11.5. The molecule has 168 valence electrons. The quantitative estimate of drug-likeness (QED) is 0.416. The van der Waals surface area contributed by atoms with Crippen molar-refractivity contribution >= 4 is 11.8 Å². The molecule has 0 N–H and O–H groups in total. The van der Waals surface area contributed by atoms with E-state index in [0.29, 0.717) is 0 Å². The molecule has 0 spiro atoms. The minimum absolute atomic E-state index is 0.0421. The number of aromatic nitrogens is 2. The van der Waals surface area contributed by atoms with E-state index in [-0.39, 0.29) is 12.1 Å². The molecule has 3 aromatic rings. The van der Waals surface area contributed by atoms with Crippen LogP contribution in [-0.4, -0.2) is 34.2 Å². The van der Waals surface area contributed by atoms with Crippen molar-refractivity contribution in [2.24, 2.45) is 0 Å². The summed E-state index contributed by atoms with van der Waals surface area (Å²) in [5.41, 5.74) is 4.83. The highest BCUT2D eigenvalue weighted by Gasteiger charge is 2.29. The van der Waals surface area contributed by atoms with Crippen molar-refractivity contribution in [3.05, 3.63) is 83.2 Å². The maximum Gasteiger partial charge on any atom is 0.422 e. The molecule has 0 bridgehead atoms. The molecule has 0 fully saturated rings. The van der Waals surface area contributed by atoms with E-state index >= 15 is 0 Å². The number of hydrogen-bond donors (Lipinski definition) is 0. The van der Waals surface area contributed by atoms with Gasteiger partial charge in [0.15, 0.2) is 6.61 Å². The third-order valence-electron chi connectivity index (χ3n) is 5.51. The molecule has 8 heteroatoms. The second-order valence-electron chi connectivity index (χ2n) is 7.80. The zero-order chi connectivity index (χ0) is 22.6. The number of halogens is 3. The molecule has 4 rings (SSSR count). The lowest BCUT2D eigenvalue weighted by molar-refractivity contribution is -0.154. The maximum absolute atomic E-state index is 12.3. The van der Waals surface area contributed by atoms with E-state index in [1.165, 1.54) is 21.6 Å². The molecule has 1 aliphatic rings. The van der Waals surface area contributed by atoms with E-state index in [1.54, 1.807) is 12.4 Å². The monoisotopic (exact) mass is 459 g/mol. The Morgan fingerprint density at radius 1 is 1.06 bits per heavy atom. The van der Waals surface area contributed by atoms with Crippen LogP contribution in [0.5, 0.6) is 6.01 Å². The smallest absolute Gasteiger partial charge is 0.422 e. The van der Waals surface area contributed by atoms with Crippen LogP contribution in [-0.2, 0) is 18.7 Å². The first-order valence-electron chi connectivity index (χ1n) is 10.4. The molecular formula is C24H24F3N3OS. The highest BCUT2D eigenvalue weighted by atomic mass is 32.2. The van der Waals surface area contributed by atoms with Crippen molar-refractivity contribution in [3.63, 3.8) is 0 Å². The summed E-state index contributed by atoms with van der Waals surface area (Å²) in [6.45, 7) is 2.38. The lowest BCUT2D eigenvalue weighted by Gasteiger charge is -2.34. The molecular weight excluding hydrogens is 435 g/mol. The van der Waals surface area contributed by atoms with Gasteiger partial charge in [0.25, 0.3) is 0 Å². The van der Waals surface area contributed by atoms with Crippen LogP contribution in [0.25, 0.3) is 0 Å². The van der Waals surface area contributed by atoms with Crippen molar-refractivity contribution in [3.8, 4) is 6.01 Å². The number of ether oxygens (including phenoxy) is 1. The number of nitrogens with zero attached hydrogens (tertiary/aromatic N) is 3. The summed E-state index contributed by atoms with van der Waals surface area (Å²) < 4.78 is 41.5. The van der Waals surface area contributed by atoms with Crippen molar-refractivity contribution in [1.82, 2.24) is 14.9 Å². The van der Waals surface area contributed by atoms with Crippen LogP contribution in [0, 0.1) is 0 Å². The van der Waals surface area contributed by atoms with Gasteiger partial charge in [-0.2, -0.15) is 13.2 Å². The van der Waals surface area contributed by atoms with Gasteiger partial charge in [0.1, 0.15) is 0 Å². The van der Waals surface area contributed by atoms with Gasteiger partial charge in [-0.3, -0.25) is 4.90 Å². The van der Waals surface area contributed by atoms with E-state index in [2.05, 4.69) is 69.0 Å². The van der Waals surface area contributed by atoms with Crippen LogP contribution in [0.3, 0.4) is 0 Å². The van der Waals surface area contributed by atoms with E-state index in [0.717, 1.165) is 30.8 Å². The molecule has 0 radical (unpaired) electrons. The Balaban J connectivity index is 1.38. The Kier molecular flexibility index (Phi) is 7.01. The molecule has 2 heterocycles. The van der Waals surface area contributed by atoms with E-state index < -0.39 is 12.8 Å². The first-order valence-corrected chi connectivity index (χ1v) is 11.4. The normalized spacial score (nSPS) is 15.2. The zero-order valence-electron chi connectivity index (χ0n) is 17.7. The number of rotatable bonds is 7. The molecule has 0 saturated carbocycles. The third kappa shape index (κ3) is 6.01. The summed E-state index contributed by atoms with van der Waals surface area (Å²) in [5, 5.41) is 0. The van der Waals surface area contributed by atoms with Crippen LogP contribution in [0.15, 0.2) is 65.8 Å². The molecule has 4 nitrogen and oxygen atoms in total. The molecule has 32 heavy (non-hydrogen) atoms. The molecule has 2 aromatic carbocycles. The lowest BCUT2D eigenvalue weighted by Crippen LogP contribution is -2.33. The minimum atomic E-state index is -4.41. The fraction of sp³-hybridized carbons (Fsp3) is 0.333. The fourth-order valence-electron chi connectivity index (χ4n) is 3.69. The van der Waals surface area contributed by atoms with E-state index in [1.807, 2.05) is 17.8 Å². The van der Waals surface area contributed by atoms with Crippen molar-refractivity contribution in [1.29, 1.82) is 0 Å². The number of thioether (sulfide) groups is 1. The molecule has 1 aliphatic heterocycles. The van der Waals surface area contributed by atoms with Gasteiger partial charge in [0.05, 0.1) is 0 Å². The van der Waals surface area contributed by atoms with Gasteiger partial charge in [-0.15, -0.1) is 11.8 Å². The highest BCUT2D eigenvalue weighted by Crippen LogP contribution is 2.31. The third-order valence-corrected chi connectivity index (χ3v) is 6.58. The lowest BCUT2D eigenvalue weighted by atomic mass is 9.97. The molecule has 0 amide bonds. The van der Waals surface area contributed by atoms with Crippen molar-refractivity contribution < 1.29 is 17.9 Å². The number of hydrogen-bond acceptors (Lipinski definition) is 5. The van der Waals surface area contributed by atoms with Crippen LogP contribution in [0.2, 0.25) is 0 Å². The van der Waals surface area contributed by atoms with Crippen LogP contribution >= 0.6 is 11.8 Å². The first kappa shape index (κ1) is 22.6. The van der Waals surface area contributed by atoms with Crippen LogP contribution in [0.4, 0.5) is 13.2 Å².